The van der Waals surface area contributed by atoms with Crippen LogP contribution in [0.1, 0.15) is 6.42 Å². The number of hydrogen-bond acceptors (Lipinski definition) is 3. The highest BCUT2D eigenvalue weighted by atomic mass is 35.5. The fourth-order valence-electron chi connectivity index (χ4n) is 1.64. The van der Waals surface area contributed by atoms with Crippen molar-refractivity contribution >= 4 is 29.1 Å². The van der Waals surface area contributed by atoms with Crippen molar-refractivity contribution in [3.63, 3.8) is 0 Å². The third-order valence-electron chi connectivity index (χ3n) is 2.45. The first-order chi connectivity index (χ1) is 7.29. The molecular formula is C11H14ClNOS. The van der Waals surface area contributed by atoms with E-state index >= 15 is 0 Å². The summed E-state index contributed by atoms with van der Waals surface area (Å²) in [4.78, 5) is 0. The standard InChI is InChI=1S/C11H14ClNOS/c1-14-11-3-2-8(6-10(11)12)13-9-4-5-15-7-9/h2-3,6,9,13H,4-5,7H2,1H3/t9-/m0/s1. The molecule has 1 N–H and O–H groups in total. The van der Waals surface area contributed by atoms with Crippen LogP contribution in [-0.2, 0) is 0 Å². The van der Waals surface area contributed by atoms with Gasteiger partial charge in [0, 0.05) is 17.5 Å². The number of thioether (sulfide) groups is 1. The Kier molecular flexibility index (Phi) is 3.65. The molecule has 1 aromatic rings. The van der Waals surface area contributed by atoms with Gasteiger partial charge in [-0.25, -0.2) is 0 Å². The van der Waals surface area contributed by atoms with Crippen molar-refractivity contribution in [2.45, 2.75) is 12.5 Å². The van der Waals surface area contributed by atoms with Gasteiger partial charge in [0.05, 0.1) is 12.1 Å². The zero-order valence-electron chi connectivity index (χ0n) is 8.63. The number of methoxy groups -OCH3 is 1. The van der Waals surface area contributed by atoms with Gasteiger partial charge in [-0.15, -0.1) is 0 Å². The molecule has 0 saturated carbocycles. The molecule has 0 unspecified atom stereocenters. The van der Waals surface area contributed by atoms with Crippen molar-refractivity contribution in [3.8, 4) is 5.75 Å². The zero-order chi connectivity index (χ0) is 10.7. The maximum atomic E-state index is 6.04. The molecule has 1 aliphatic heterocycles. The van der Waals surface area contributed by atoms with Gasteiger partial charge in [0.1, 0.15) is 5.75 Å². The topological polar surface area (TPSA) is 21.3 Å². The Hall–Kier alpha value is -0.540. The van der Waals surface area contributed by atoms with E-state index in [0.29, 0.717) is 11.1 Å². The molecule has 2 rings (SSSR count). The summed E-state index contributed by atoms with van der Waals surface area (Å²) in [5.41, 5.74) is 1.08. The van der Waals surface area contributed by atoms with Crippen LogP contribution in [0.25, 0.3) is 0 Å². The van der Waals surface area contributed by atoms with Crippen molar-refractivity contribution in [1.82, 2.24) is 0 Å². The summed E-state index contributed by atoms with van der Waals surface area (Å²) in [6.07, 6.45) is 1.23. The van der Waals surface area contributed by atoms with Gasteiger partial charge >= 0.3 is 0 Å². The number of nitrogens with one attached hydrogen (secondary N) is 1. The highest BCUT2D eigenvalue weighted by molar-refractivity contribution is 7.99. The summed E-state index contributed by atoms with van der Waals surface area (Å²) in [5, 5.41) is 4.13. The lowest BCUT2D eigenvalue weighted by Crippen LogP contribution is -2.17. The largest absolute Gasteiger partial charge is 0.495 e. The Morgan fingerprint density at radius 3 is 3.00 bits per heavy atom. The fraction of sp³-hybridized carbons (Fsp3) is 0.455. The Morgan fingerprint density at radius 1 is 1.53 bits per heavy atom. The minimum atomic E-state index is 0.583. The van der Waals surface area contributed by atoms with Crippen LogP contribution in [0.2, 0.25) is 5.02 Å². The second-order valence-electron chi connectivity index (χ2n) is 3.55. The zero-order valence-corrected chi connectivity index (χ0v) is 10.2. The smallest absolute Gasteiger partial charge is 0.137 e. The molecule has 1 heterocycles. The minimum Gasteiger partial charge on any atom is -0.495 e. The molecule has 0 radical (unpaired) electrons. The highest BCUT2D eigenvalue weighted by Gasteiger charge is 2.15. The number of hydrogen-bond donors (Lipinski definition) is 1. The number of halogens is 1. The Morgan fingerprint density at radius 2 is 2.40 bits per heavy atom. The molecule has 1 atom stereocenters. The second kappa shape index (κ2) is 4.99. The van der Waals surface area contributed by atoms with Crippen LogP contribution < -0.4 is 10.1 Å². The first kappa shape index (κ1) is 11.0. The average molecular weight is 244 g/mol. The highest BCUT2D eigenvalue weighted by Crippen LogP contribution is 2.29. The number of rotatable bonds is 3. The lowest BCUT2D eigenvalue weighted by molar-refractivity contribution is 0.415. The lowest BCUT2D eigenvalue weighted by atomic mass is 10.2. The summed E-state index contributed by atoms with van der Waals surface area (Å²) >= 11 is 8.04. The normalized spacial score (nSPS) is 20.3. The van der Waals surface area contributed by atoms with E-state index in [4.69, 9.17) is 16.3 Å². The van der Waals surface area contributed by atoms with Crippen molar-refractivity contribution in [2.75, 3.05) is 23.9 Å². The molecule has 0 bridgehead atoms. The summed E-state index contributed by atoms with van der Waals surface area (Å²) in [6, 6.07) is 6.41. The molecule has 1 saturated heterocycles. The van der Waals surface area contributed by atoms with Gasteiger partial charge in [-0.1, -0.05) is 11.6 Å². The first-order valence-corrected chi connectivity index (χ1v) is 6.50. The molecular weight excluding hydrogens is 230 g/mol. The summed E-state index contributed by atoms with van der Waals surface area (Å²) in [6.45, 7) is 0. The Balaban J connectivity index is 2.05. The predicted molar refractivity (Wildman–Crippen MR) is 67.4 cm³/mol. The molecule has 1 fully saturated rings. The van der Waals surface area contributed by atoms with Crippen LogP contribution >= 0.6 is 23.4 Å². The van der Waals surface area contributed by atoms with E-state index in [0.717, 1.165) is 11.4 Å². The van der Waals surface area contributed by atoms with Crippen LogP contribution in [0.15, 0.2) is 18.2 Å². The third kappa shape index (κ3) is 2.73. The van der Waals surface area contributed by atoms with E-state index in [1.54, 1.807) is 7.11 Å². The van der Waals surface area contributed by atoms with E-state index < -0.39 is 0 Å². The number of benzene rings is 1. The molecule has 82 valence electrons. The minimum absolute atomic E-state index is 0.583. The quantitative estimate of drug-likeness (QED) is 0.881. The van der Waals surface area contributed by atoms with Gasteiger partial charge in [-0.05, 0) is 30.4 Å². The first-order valence-electron chi connectivity index (χ1n) is 4.97. The Bertz CT molecular complexity index is 339. The van der Waals surface area contributed by atoms with E-state index in [1.807, 2.05) is 30.0 Å². The van der Waals surface area contributed by atoms with Crippen molar-refractivity contribution in [2.24, 2.45) is 0 Å². The van der Waals surface area contributed by atoms with Crippen LogP contribution in [0, 0.1) is 0 Å². The third-order valence-corrected chi connectivity index (χ3v) is 3.91. The summed E-state index contributed by atoms with van der Waals surface area (Å²) in [5.74, 6) is 3.16. The van der Waals surface area contributed by atoms with E-state index in [1.165, 1.54) is 17.9 Å². The maximum Gasteiger partial charge on any atom is 0.137 e. The van der Waals surface area contributed by atoms with Crippen molar-refractivity contribution in [1.29, 1.82) is 0 Å². The molecule has 0 aromatic heterocycles. The van der Waals surface area contributed by atoms with Gasteiger partial charge < -0.3 is 10.1 Å². The van der Waals surface area contributed by atoms with E-state index in [2.05, 4.69) is 5.32 Å². The predicted octanol–water partition coefficient (Wildman–Crippen LogP) is 3.27. The second-order valence-corrected chi connectivity index (χ2v) is 5.11. The number of ether oxygens (including phenoxy) is 1. The molecule has 1 aliphatic rings. The summed E-state index contributed by atoms with van der Waals surface area (Å²) < 4.78 is 5.11. The van der Waals surface area contributed by atoms with Crippen LogP contribution in [0.3, 0.4) is 0 Å². The van der Waals surface area contributed by atoms with Crippen LogP contribution in [-0.4, -0.2) is 24.7 Å². The van der Waals surface area contributed by atoms with Gasteiger partial charge in [0.2, 0.25) is 0 Å². The van der Waals surface area contributed by atoms with Gasteiger partial charge in [-0.2, -0.15) is 11.8 Å². The molecule has 15 heavy (non-hydrogen) atoms. The van der Waals surface area contributed by atoms with Gasteiger partial charge in [0.25, 0.3) is 0 Å². The van der Waals surface area contributed by atoms with Crippen molar-refractivity contribution in [3.05, 3.63) is 23.2 Å². The van der Waals surface area contributed by atoms with E-state index in [9.17, 15) is 0 Å². The monoisotopic (exact) mass is 243 g/mol. The lowest BCUT2D eigenvalue weighted by Gasteiger charge is -2.13. The molecule has 0 aliphatic carbocycles. The molecule has 0 spiro atoms. The SMILES string of the molecule is COc1ccc(N[C@H]2CCSC2)cc1Cl. The van der Waals surface area contributed by atoms with Gasteiger partial charge in [0.15, 0.2) is 0 Å². The molecule has 1 aromatic carbocycles. The number of anilines is 1. The maximum absolute atomic E-state index is 6.04. The molecule has 4 heteroatoms. The average Bonchev–Trinajstić information content (AvgIpc) is 2.71. The fourth-order valence-corrected chi connectivity index (χ4v) is 3.05. The molecule has 2 nitrogen and oxygen atoms in total. The molecule has 0 amide bonds. The van der Waals surface area contributed by atoms with Crippen molar-refractivity contribution < 1.29 is 4.74 Å². The van der Waals surface area contributed by atoms with Crippen LogP contribution in [0.4, 0.5) is 5.69 Å². The van der Waals surface area contributed by atoms with E-state index in [-0.39, 0.29) is 0 Å². The van der Waals surface area contributed by atoms with Gasteiger partial charge in [-0.3, -0.25) is 0 Å². The van der Waals surface area contributed by atoms with Crippen LogP contribution in [0.5, 0.6) is 5.75 Å². The Labute approximate surface area is 99.3 Å². The summed E-state index contributed by atoms with van der Waals surface area (Å²) in [7, 11) is 1.63.